The molecule has 0 spiro atoms. The van der Waals surface area contributed by atoms with Gasteiger partial charge in [-0.05, 0) is 18.2 Å². The Morgan fingerprint density at radius 1 is 1.07 bits per heavy atom. The molecule has 1 saturated carbocycles. The maximum atomic E-state index is 12.9. The Morgan fingerprint density at radius 2 is 1.63 bits per heavy atom. The Labute approximate surface area is 163 Å². The summed E-state index contributed by atoms with van der Waals surface area (Å²) >= 11 is 0. The number of hydrogen-bond donors (Lipinski definition) is 1. The molecule has 0 aliphatic heterocycles. The zero-order chi connectivity index (χ0) is 22.3. The summed E-state index contributed by atoms with van der Waals surface area (Å²) in [6.07, 6.45) is -8.11. The van der Waals surface area contributed by atoms with Gasteiger partial charge in [0.05, 0.1) is 11.1 Å². The maximum absolute atomic E-state index is 12.9. The molecule has 0 saturated heterocycles. The standard InChI is InChI=1S/C17H12F8N4O/c18-15(19)6-12(7-15)27-13(30)1-2-29-8-26-14(28-29)9-3-10(16(20,21)22)5-11(4-9)17(23,24)25/h1-5,8,12H,6-7H2,(H,27,30)/b2-1-. The minimum atomic E-state index is -5.02. The van der Waals surface area contributed by atoms with Gasteiger partial charge in [0.2, 0.25) is 5.91 Å². The smallest absolute Gasteiger partial charge is 0.349 e. The van der Waals surface area contributed by atoms with Gasteiger partial charge in [-0.15, -0.1) is 5.10 Å². The minimum absolute atomic E-state index is 0.0191. The molecule has 1 amide bonds. The molecule has 1 aliphatic rings. The SMILES string of the molecule is O=C(/C=C\n1cnc(-c2cc(C(F)(F)F)cc(C(F)(F)F)c2)n1)NC1CC(F)(F)C1. The molecular weight excluding hydrogens is 428 g/mol. The van der Waals surface area contributed by atoms with Crippen LogP contribution in [0.2, 0.25) is 0 Å². The van der Waals surface area contributed by atoms with Crippen LogP contribution < -0.4 is 5.32 Å². The predicted octanol–water partition coefficient (Wildman–Crippen LogP) is 4.37. The molecule has 0 bridgehead atoms. The van der Waals surface area contributed by atoms with Gasteiger partial charge in [-0.2, -0.15) is 26.3 Å². The van der Waals surface area contributed by atoms with Gasteiger partial charge in [-0.3, -0.25) is 4.79 Å². The third kappa shape index (κ3) is 5.13. The molecule has 30 heavy (non-hydrogen) atoms. The Balaban J connectivity index is 1.77. The van der Waals surface area contributed by atoms with E-state index in [0.29, 0.717) is 12.1 Å². The van der Waals surface area contributed by atoms with Gasteiger partial charge in [0.25, 0.3) is 5.92 Å². The lowest BCUT2D eigenvalue weighted by Gasteiger charge is -2.34. The van der Waals surface area contributed by atoms with Crippen LogP contribution in [0, 0.1) is 0 Å². The lowest BCUT2D eigenvalue weighted by Crippen LogP contribution is -2.50. The summed E-state index contributed by atoms with van der Waals surface area (Å²) in [6, 6.07) is 0.244. The van der Waals surface area contributed by atoms with E-state index in [-0.39, 0.29) is 6.07 Å². The molecule has 13 heteroatoms. The molecule has 5 nitrogen and oxygen atoms in total. The fourth-order valence-corrected chi connectivity index (χ4v) is 2.72. The first-order valence-corrected chi connectivity index (χ1v) is 8.30. The molecule has 1 aromatic heterocycles. The molecule has 162 valence electrons. The Kier molecular flexibility index (Phi) is 5.33. The summed E-state index contributed by atoms with van der Waals surface area (Å²) in [4.78, 5) is 15.3. The number of aromatic nitrogens is 3. The van der Waals surface area contributed by atoms with E-state index in [1.165, 1.54) is 0 Å². The number of hydrogen-bond acceptors (Lipinski definition) is 3. The van der Waals surface area contributed by atoms with Crippen LogP contribution in [0.4, 0.5) is 35.1 Å². The highest BCUT2D eigenvalue weighted by Gasteiger charge is 2.45. The van der Waals surface area contributed by atoms with Crippen molar-refractivity contribution in [1.29, 1.82) is 0 Å². The monoisotopic (exact) mass is 440 g/mol. The normalized spacial score (nSPS) is 17.2. The van der Waals surface area contributed by atoms with Crippen molar-refractivity contribution in [3.05, 3.63) is 41.7 Å². The summed E-state index contributed by atoms with van der Waals surface area (Å²) in [7, 11) is 0. The van der Waals surface area contributed by atoms with Gasteiger partial charge < -0.3 is 5.32 Å². The highest BCUT2D eigenvalue weighted by molar-refractivity contribution is 5.90. The number of carbonyl (C=O) groups excluding carboxylic acids is 1. The summed E-state index contributed by atoms with van der Waals surface area (Å²) in [5.74, 6) is -3.97. The number of nitrogens with zero attached hydrogens (tertiary/aromatic N) is 3. The fraction of sp³-hybridized carbons (Fsp3) is 0.353. The number of benzene rings is 1. The third-order valence-electron chi connectivity index (χ3n) is 4.17. The predicted molar refractivity (Wildman–Crippen MR) is 86.9 cm³/mol. The van der Waals surface area contributed by atoms with E-state index in [1.807, 2.05) is 0 Å². The van der Waals surface area contributed by atoms with Crippen molar-refractivity contribution in [3.63, 3.8) is 0 Å². The first-order chi connectivity index (χ1) is 13.7. The number of alkyl halides is 8. The van der Waals surface area contributed by atoms with Crippen LogP contribution in [-0.2, 0) is 17.1 Å². The van der Waals surface area contributed by atoms with Gasteiger partial charge in [-0.25, -0.2) is 18.4 Å². The molecule has 0 radical (unpaired) electrons. The number of halogens is 8. The van der Waals surface area contributed by atoms with Crippen molar-refractivity contribution in [3.8, 4) is 11.4 Å². The lowest BCUT2D eigenvalue weighted by atomic mass is 9.88. The van der Waals surface area contributed by atoms with E-state index < -0.39 is 65.6 Å². The largest absolute Gasteiger partial charge is 0.416 e. The van der Waals surface area contributed by atoms with Crippen molar-refractivity contribution >= 4 is 12.1 Å². The Morgan fingerprint density at radius 3 is 2.13 bits per heavy atom. The quantitative estimate of drug-likeness (QED) is 0.568. The minimum Gasteiger partial charge on any atom is -0.349 e. The van der Waals surface area contributed by atoms with Gasteiger partial charge in [-0.1, -0.05) is 0 Å². The highest BCUT2D eigenvalue weighted by atomic mass is 19.4. The van der Waals surface area contributed by atoms with Gasteiger partial charge >= 0.3 is 12.4 Å². The number of rotatable bonds is 4. The fourth-order valence-electron chi connectivity index (χ4n) is 2.72. The third-order valence-corrected chi connectivity index (χ3v) is 4.17. The van der Waals surface area contributed by atoms with E-state index in [2.05, 4.69) is 15.4 Å². The highest BCUT2D eigenvalue weighted by Crippen LogP contribution is 2.38. The second-order valence-corrected chi connectivity index (χ2v) is 6.63. The van der Waals surface area contributed by atoms with Crippen LogP contribution >= 0.6 is 0 Å². The van der Waals surface area contributed by atoms with Gasteiger partial charge in [0.1, 0.15) is 6.33 Å². The molecule has 1 heterocycles. The van der Waals surface area contributed by atoms with Crippen molar-refractivity contribution < 1.29 is 39.9 Å². The van der Waals surface area contributed by atoms with Crippen molar-refractivity contribution in [1.82, 2.24) is 20.1 Å². The second-order valence-electron chi connectivity index (χ2n) is 6.63. The van der Waals surface area contributed by atoms with Gasteiger partial charge in [0, 0.05) is 36.7 Å². The van der Waals surface area contributed by atoms with Crippen LogP contribution in [0.5, 0.6) is 0 Å². The molecular formula is C17H12F8N4O. The maximum Gasteiger partial charge on any atom is 0.416 e. The van der Waals surface area contributed by atoms with E-state index in [9.17, 15) is 39.9 Å². The van der Waals surface area contributed by atoms with Crippen molar-refractivity contribution in [2.24, 2.45) is 0 Å². The summed E-state index contributed by atoms with van der Waals surface area (Å²) in [6.45, 7) is 0. The van der Waals surface area contributed by atoms with Crippen LogP contribution in [0.3, 0.4) is 0 Å². The van der Waals surface area contributed by atoms with Gasteiger partial charge in [0.15, 0.2) is 5.82 Å². The number of amides is 1. The average Bonchev–Trinajstić information content (AvgIpc) is 3.05. The molecule has 3 rings (SSSR count). The summed E-state index contributed by atoms with van der Waals surface area (Å²) in [5.41, 5.74) is -3.56. The van der Waals surface area contributed by atoms with Crippen LogP contribution in [0.15, 0.2) is 30.6 Å². The first kappa shape index (κ1) is 21.7. The van der Waals surface area contributed by atoms with Crippen molar-refractivity contribution in [2.45, 2.75) is 37.2 Å². The molecule has 1 N–H and O–H groups in total. The van der Waals surface area contributed by atoms with E-state index in [0.717, 1.165) is 23.3 Å². The average molecular weight is 440 g/mol. The molecule has 1 aliphatic carbocycles. The summed E-state index contributed by atoms with van der Waals surface area (Å²) in [5, 5.41) is 6.03. The van der Waals surface area contributed by atoms with E-state index >= 15 is 0 Å². The Hall–Kier alpha value is -2.99. The molecule has 2 aromatic rings. The zero-order valence-electron chi connectivity index (χ0n) is 14.7. The zero-order valence-corrected chi connectivity index (χ0v) is 14.7. The molecule has 0 unspecified atom stereocenters. The molecule has 1 fully saturated rings. The lowest BCUT2D eigenvalue weighted by molar-refractivity contribution is -0.143. The van der Waals surface area contributed by atoms with E-state index in [1.54, 1.807) is 0 Å². The van der Waals surface area contributed by atoms with Crippen molar-refractivity contribution in [2.75, 3.05) is 0 Å². The topological polar surface area (TPSA) is 59.8 Å². The summed E-state index contributed by atoms with van der Waals surface area (Å²) < 4.78 is 104. The number of carbonyl (C=O) groups is 1. The van der Waals surface area contributed by atoms with Crippen LogP contribution in [0.25, 0.3) is 17.6 Å². The van der Waals surface area contributed by atoms with E-state index in [4.69, 9.17) is 0 Å². The number of nitrogens with one attached hydrogen (secondary N) is 1. The Bertz CT molecular complexity index is 937. The first-order valence-electron chi connectivity index (χ1n) is 8.30. The van der Waals surface area contributed by atoms with Crippen LogP contribution in [0.1, 0.15) is 24.0 Å². The molecule has 1 aromatic carbocycles. The van der Waals surface area contributed by atoms with Crippen LogP contribution in [-0.4, -0.2) is 32.6 Å². The second kappa shape index (κ2) is 7.36. The molecule has 0 atom stereocenters.